The van der Waals surface area contributed by atoms with Gasteiger partial charge in [-0.05, 0) is 42.3 Å². The highest BCUT2D eigenvalue weighted by atomic mass is 16.5. The third-order valence-corrected chi connectivity index (χ3v) is 7.77. The van der Waals surface area contributed by atoms with E-state index < -0.39 is 12.1 Å². The van der Waals surface area contributed by atoms with Crippen molar-refractivity contribution < 1.29 is 19.1 Å². The molecule has 0 saturated carbocycles. The maximum atomic E-state index is 14.1. The number of rotatable bonds is 5. The highest BCUT2D eigenvalue weighted by Gasteiger charge is 2.49. The zero-order valence-corrected chi connectivity index (χ0v) is 21.1. The van der Waals surface area contributed by atoms with Crippen molar-refractivity contribution in [3.63, 3.8) is 0 Å². The molecule has 0 spiro atoms. The van der Waals surface area contributed by atoms with Crippen LogP contribution in [0.1, 0.15) is 41.4 Å². The summed E-state index contributed by atoms with van der Waals surface area (Å²) in [4.78, 5) is 35.1. The summed E-state index contributed by atoms with van der Waals surface area (Å²) in [6.07, 6.45) is 0.449. The Bertz CT molecular complexity index is 1500. The van der Waals surface area contributed by atoms with Crippen LogP contribution in [-0.2, 0) is 16.0 Å². The lowest BCUT2D eigenvalue weighted by atomic mass is 9.85. The van der Waals surface area contributed by atoms with E-state index in [9.17, 15) is 9.59 Å². The summed E-state index contributed by atoms with van der Waals surface area (Å²) >= 11 is 0. The first-order valence-corrected chi connectivity index (χ1v) is 12.5. The fourth-order valence-corrected chi connectivity index (χ4v) is 5.90. The quantitative estimate of drug-likeness (QED) is 0.438. The predicted molar refractivity (Wildman–Crippen MR) is 141 cm³/mol. The molecule has 6 rings (SSSR count). The summed E-state index contributed by atoms with van der Waals surface area (Å²) in [7, 11) is 3.23. The predicted octanol–water partition coefficient (Wildman–Crippen LogP) is 4.63. The van der Waals surface area contributed by atoms with Crippen molar-refractivity contribution in [2.75, 3.05) is 20.8 Å². The average molecular weight is 496 g/mol. The van der Waals surface area contributed by atoms with E-state index in [2.05, 4.69) is 11.1 Å². The number of fused-ring (bicyclic) bond motifs is 4. The largest absolute Gasteiger partial charge is 0.497 e. The number of piperazine rings is 1. The molecule has 3 atom stereocenters. The zero-order chi connectivity index (χ0) is 25.7. The summed E-state index contributed by atoms with van der Waals surface area (Å²) in [6, 6.07) is 22.2. The molecule has 2 aliphatic heterocycles. The van der Waals surface area contributed by atoms with Crippen molar-refractivity contribution in [2.45, 2.75) is 31.5 Å². The van der Waals surface area contributed by atoms with E-state index in [0.29, 0.717) is 17.9 Å². The fourth-order valence-electron chi connectivity index (χ4n) is 5.90. The Labute approximate surface area is 215 Å². The van der Waals surface area contributed by atoms with Gasteiger partial charge in [0.25, 0.3) is 0 Å². The van der Waals surface area contributed by atoms with Gasteiger partial charge in [-0.3, -0.25) is 9.59 Å². The molecule has 1 fully saturated rings. The normalized spacial score (nSPS) is 20.0. The topological polar surface area (TPSA) is 74.9 Å². The maximum absolute atomic E-state index is 14.1. The van der Waals surface area contributed by atoms with Gasteiger partial charge in [0.05, 0.1) is 20.3 Å². The summed E-state index contributed by atoms with van der Waals surface area (Å²) in [5, 5.41) is 1.07. The van der Waals surface area contributed by atoms with Crippen molar-refractivity contribution in [3.05, 3.63) is 95.2 Å². The van der Waals surface area contributed by atoms with Gasteiger partial charge in [-0.1, -0.05) is 48.5 Å². The molecule has 2 aliphatic rings. The van der Waals surface area contributed by atoms with Gasteiger partial charge >= 0.3 is 0 Å². The molecular formula is C30H29N3O4. The highest BCUT2D eigenvalue weighted by Crippen LogP contribution is 2.46. The maximum Gasteiger partial charge on any atom is 0.246 e. The van der Waals surface area contributed by atoms with E-state index in [1.165, 1.54) is 0 Å². The number of carbonyl (C=O) groups is 2. The molecule has 0 unspecified atom stereocenters. The van der Waals surface area contributed by atoms with Gasteiger partial charge in [0.1, 0.15) is 30.1 Å². The first-order valence-electron chi connectivity index (χ1n) is 12.5. The van der Waals surface area contributed by atoms with Gasteiger partial charge in [0.15, 0.2) is 0 Å². The lowest BCUT2D eigenvalue weighted by Gasteiger charge is -2.48. The number of carbonyl (C=O) groups excluding carboxylic acids is 2. The number of hydrogen-bond donors (Lipinski definition) is 1. The average Bonchev–Trinajstić information content (AvgIpc) is 3.32. The Kier molecular flexibility index (Phi) is 5.63. The van der Waals surface area contributed by atoms with Crippen LogP contribution in [0.3, 0.4) is 0 Å². The Morgan fingerprint density at radius 1 is 0.946 bits per heavy atom. The van der Waals surface area contributed by atoms with Gasteiger partial charge in [-0.2, -0.15) is 0 Å². The number of aromatic nitrogens is 1. The molecule has 3 heterocycles. The summed E-state index contributed by atoms with van der Waals surface area (Å²) in [6.45, 7) is 2.00. The summed E-state index contributed by atoms with van der Waals surface area (Å²) in [5.74, 6) is 1.16. The van der Waals surface area contributed by atoms with Crippen LogP contribution >= 0.6 is 0 Å². The molecule has 1 saturated heterocycles. The van der Waals surface area contributed by atoms with Crippen molar-refractivity contribution in [3.8, 4) is 11.5 Å². The number of aromatic amines is 1. The van der Waals surface area contributed by atoms with E-state index in [1.54, 1.807) is 24.0 Å². The number of ether oxygens (including phenoxy) is 2. The second-order valence-electron chi connectivity index (χ2n) is 9.65. The molecular weight excluding hydrogens is 466 g/mol. The second-order valence-corrected chi connectivity index (χ2v) is 9.65. The molecule has 0 radical (unpaired) electrons. The van der Waals surface area contributed by atoms with E-state index in [4.69, 9.17) is 9.47 Å². The number of nitrogens with one attached hydrogen (secondary N) is 1. The number of H-pyrrole nitrogens is 1. The smallest absolute Gasteiger partial charge is 0.246 e. The molecule has 37 heavy (non-hydrogen) atoms. The van der Waals surface area contributed by atoms with Gasteiger partial charge in [-0.25, -0.2) is 0 Å². The van der Waals surface area contributed by atoms with Crippen molar-refractivity contribution in [1.29, 1.82) is 0 Å². The molecule has 7 heteroatoms. The molecule has 0 bridgehead atoms. The highest BCUT2D eigenvalue weighted by molar-refractivity contribution is 5.98. The Morgan fingerprint density at radius 2 is 1.70 bits per heavy atom. The minimum atomic E-state index is -0.625. The van der Waals surface area contributed by atoms with E-state index >= 15 is 0 Å². The minimum absolute atomic E-state index is 0.0176. The molecule has 1 aromatic heterocycles. The van der Waals surface area contributed by atoms with E-state index in [1.807, 2.05) is 73.7 Å². The molecule has 2 amide bonds. The van der Waals surface area contributed by atoms with Crippen LogP contribution in [0.4, 0.5) is 0 Å². The SMILES string of the molecule is COc1ccc(OC)c([C@@H]2c3[nH]c4ccccc4c3C[C@H]3C(=O)N([C@@H](C)c4ccccc4)CC(=O)N23)c1. The monoisotopic (exact) mass is 495 g/mol. The van der Waals surface area contributed by atoms with E-state index in [-0.39, 0.29) is 24.4 Å². The first-order chi connectivity index (χ1) is 18.0. The molecule has 188 valence electrons. The van der Waals surface area contributed by atoms with Crippen LogP contribution in [-0.4, -0.2) is 53.4 Å². The van der Waals surface area contributed by atoms with Crippen LogP contribution in [0.5, 0.6) is 11.5 Å². The van der Waals surface area contributed by atoms with Gasteiger partial charge < -0.3 is 24.3 Å². The van der Waals surface area contributed by atoms with Gasteiger partial charge in [-0.15, -0.1) is 0 Å². The summed E-state index contributed by atoms with van der Waals surface area (Å²) < 4.78 is 11.3. The van der Waals surface area contributed by atoms with Gasteiger partial charge in [0, 0.05) is 28.6 Å². The number of benzene rings is 3. The van der Waals surface area contributed by atoms with Crippen LogP contribution in [0.25, 0.3) is 10.9 Å². The van der Waals surface area contributed by atoms with Crippen LogP contribution < -0.4 is 9.47 Å². The van der Waals surface area contributed by atoms with Crippen LogP contribution in [0, 0.1) is 0 Å². The standard InChI is InChI=1S/C30H29N3O4/c1-18(19-9-5-4-6-10-19)32-17-27(34)33-25(30(32)35)16-22-21-11-7-8-12-24(21)31-28(22)29(33)23-15-20(36-2)13-14-26(23)37-3/h4-15,18,25,29,31H,16-17H2,1-3H3/t18-,25-,29+/m0/s1. The fraction of sp³-hybridized carbons (Fsp3) is 0.267. The number of nitrogens with zero attached hydrogens (tertiary/aromatic N) is 2. The Balaban J connectivity index is 1.52. The number of methoxy groups -OCH3 is 2. The lowest BCUT2D eigenvalue weighted by molar-refractivity contribution is -0.160. The van der Waals surface area contributed by atoms with E-state index in [0.717, 1.165) is 33.3 Å². The third kappa shape index (κ3) is 3.65. The van der Waals surface area contributed by atoms with Crippen LogP contribution in [0.2, 0.25) is 0 Å². The van der Waals surface area contributed by atoms with Gasteiger partial charge in [0.2, 0.25) is 11.8 Å². The molecule has 1 N–H and O–H groups in total. The second kappa shape index (κ2) is 9.00. The first kappa shape index (κ1) is 23.2. The third-order valence-electron chi connectivity index (χ3n) is 7.77. The number of amides is 2. The number of hydrogen-bond acceptors (Lipinski definition) is 4. The zero-order valence-electron chi connectivity index (χ0n) is 21.1. The molecule has 3 aromatic carbocycles. The summed E-state index contributed by atoms with van der Waals surface area (Å²) in [5.41, 5.74) is 4.74. The Morgan fingerprint density at radius 3 is 2.46 bits per heavy atom. The van der Waals surface area contributed by atoms with Crippen molar-refractivity contribution >= 4 is 22.7 Å². The number of para-hydroxylation sites is 1. The van der Waals surface area contributed by atoms with Crippen LogP contribution in [0.15, 0.2) is 72.8 Å². The Hall–Kier alpha value is -4.26. The molecule has 0 aliphatic carbocycles. The molecule has 7 nitrogen and oxygen atoms in total. The minimum Gasteiger partial charge on any atom is -0.497 e. The van der Waals surface area contributed by atoms with Crippen molar-refractivity contribution in [2.24, 2.45) is 0 Å². The molecule has 4 aromatic rings. The van der Waals surface area contributed by atoms with Crippen molar-refractivity contribution in [1.82, 2.24) is 14.8 Å². The lowest BCUT2D eigenvalue weighted by Crippen LogP contribution is -2.63.